The summed E-state index contributed by atoms with van der Waals surface area (Å²) in [6.45, 7) is 6.71. The number of piperazine rings is 1. The molecule has 0 aromatic rings. The van der Waals surface area contributed by atoms with E-state index in [1.165, 1.54) is 4.90 Å². The Morgan fingerprint density at radius 3 is 2.26 bits per heavy atom. The van der Waals surface area contributed by atoms with Crippen molar-refractivity contribution < 1.29 is 23.1 Å². The normalized spacial score (nSPS) is 18.8. The van der Waals surface area contributed by atoms with Crippen molar-refractivity contribution in [2.75, 3.05) is 39.3 Å². The van der Waals surface area contributed by atoms with Gasteiger partial charge in [-0.1, -0.05) is 13.8 Å². The molecule has 0 bridgehead atoms. The summed E-state index contributed by atoms with van der Waals surface area (Å²) in [6.07, 6.45) is -2.69. The van der Waals surface area contributed by atoms with Gasteiger partial charge in [0.1, 0.15) is 6.04 Å². The highest BCUT2D eigenvalue weighted by atomic mass is 19.4. The van der Waals surface area contributed by atoms with Crippen LogP contribution in [-0.4, -0.2) is 72.5 Å². The molecule has 8 heteroatoms. The molecule has 136 valence electrons. The average molecular weight is 339 g/mol. The van der Waals surface area contributed by atoms with E-state index in [4.69, 9.17) is 5.11 Å². The first-order valence-corrected chi connectivity index (χ1v) is 8.01. The number of hydrogen-bond donors (Lipinski definition) is 2. The Bertz CT molecular complexity index is 381. The summed E-state index contributed by atoms with van der Waals surface area (Å²) in [5.41, 5.74) is -0.163. The first-order chi connectivity index (χ1) is 10.6. The number of rotatable bonds is 6. The smallest absolute Gasteiger partial charge is 0.396 e. The topological polar surface area (TPSA) is 55.8 Å². The maximum atomic E-state index is 12.7. The highest BCUT2D eigenvalue weighted by Crippen LogP contribution is 2.25. The van der Waals surface area contributed by atoms with E-state index < -0.39 is 12.2 Å². The summed E-state index contributed by atoms with van der Waals surface area (Å²) in [5.74, 6) is 0. The number of carbonyl (C=O) groups is 1. The van der Waals surface area contributed by atoms with Crippen molar-refractivity contribution >= 4 is 6.03 Å². The van der Waals surface area contributed by atoms with Crippen LogP contribution in [0.15, 0.2) is 0 Å². The number of carbonyl (C=O) groups excluding carboxylic acids is 1. The molecular formula is C15H28F3N3O2. The summed E-state index contributed by atoms with van der Waals surface area (Å²) in [5, 5.41) is 11.9. The van der Waals surface area contributed by atoms with Gasteiger partial charge in [0.15, 0.2) is 0 Å². The maximum Gasteiger partial charge on any atom is 0.403 e. The molecule has 1 saturated heterocycles. The molecule has 1 aliphatic rings. The quantitative estimate of drug-likeness (QED) is 0.729. The van der Waals surface area contributed by atoms with Gasteiger partial charge in [-0.05, 0) is 25.2 Å². The van der Waals surface area contributed by atoms with Gasteiger partial charge in [-0.25, -0.2) is 4.79 Å². The van der Waals surface area contributed by atoms with E-state index in [9.17, 15) is 18.0 Å². The van der Waals surface area contributed by atoms with E-state index >= 15 is 0 Å². The summed E-state index contributed by atoms with van der Waals surface area (Å²) in [7, 11) is 0. The summed E-state index contributed by atoms with van der Waals surface area (Å²) in [6, 6.07) is -1.71. The minimum absolute atomic E-state index is 0.0975. The van der Waals surface area contributed by atoms with Gasteiger partial charge in [-0.2, -0.15) is 13.2 Å². The Morgan fingerprint density at radius 1 is 1.22 bits per heavy atom. The molecule has 0 radical (unpaired) electrons. The van der Waals surface area contributed by atoms with Crippen LogP contribution >= 0.6 is 0 Å². The second-order valence-electron chi connectivity index (χ2n) is 6.90. The molecule has 0 aromatic carbocycles. The number of alkyl halides is 3. The Morgan fingerprint density at radius 2 is 1.78 bits per heavy atom. The lowest BCUT2D eigenvalue weighted by Crippen LogP contribution is -2.56. The fraction of sp³-hybridized carbons (Fsp3) is 0.933. The molecule has 1 aliphatic heterocycles. The fourth-order valence-electron chi connectivity index (χ4n) is 2.47. The van der Waals surface area contributed by atoms with Crippen LogP contribution in [0.3, 0.4) is 0 Å². The van der Waals surface area contributed by atoms with Crippen molar-refractivity contribution in [1.82, 2.24) is 15.1 Å². The minimum atomic E-state index is -4.23. The molecule has 1 heterocycles. The van der Waals surface area contributed by atoms with E-state index in [1.807, 2.05) is 13.8 Å². The standard InChI is InChI=1S/C15H28F3N3O2/c1-12(15(16,17)18)20-7-9-21(10-8-20)13(23)19-6-4-5-14(2,3)11-22/h12,22H,4-11H2,1-3H3,(H,19,23). The van der Waals surface area contributed by atoms with Gasteiger partial charge in [0.25, 0.3) is 0 Å². The van der Waals surface area contributed by atoms with Crippen LogP contribution in [0.4, 0.5) is 18.0 Å². The molecule has 0 aromatic heterocycles. The highest BCUT2D eigenvalue weighted by Gasteiger charge is 2.41. The number of aliphatic hydroxyl groups is 1. The molecule has 1 unspecified atom stereocenters. The zero-order valence-electron chi connectivity index (χ0n) is 14.1. The van der Waals surface area contributed by atoms with Gasteiger partial charge in [0.2, 0.25) is 0 Å². The molecular weight excluding hydrogens is 311 g/mol. The molecule has 2 amide bonds. The van der Waals surface area contributed by atoms with Crippen molar-refractivity contribution in [2.24, 2.45) is 5.41 Å². The second-order valence-corrected chi connectivity index (χ2v) is 6.90. The largest absolute Gasteiger partial charge is 0.403 e. The van der Waals surface area contributed by atoms with E-state index in [1.54, 1.807) is 4.90 Å². The van der Waals surface area contributed by atoms with Crippen molar-refractivity contribution in [1.29, 1.82) is 0 Å². The Labute approximate surface area is 135 Å². The van der Waals surface area contributed by atoms with Gasteiger partial charge in [-0.15, -0.1) is 0 Å². The summed E-state index contributed by atoms with van der Waals surface area (Å²) >= 11 is 0. The van der Waals surface area contributed by atoms with Gasteiger partial charge < -0.3 is 15.3 Å². The molecule has 23 heavy (non-hydrogen) atoms. The lowest BCUT2D eigenvalue weighted by Gasteiger charge is -2.38. The van der Waals surface area contributed by atoms with Crippen LogP contribution < -0.4 is 5.32 Å². The minimum Gasteiger partial charge on any atom is -0.396 e. The van der Waals surface area contributed by atoms with Gasteiger partial charge >= 0.3 is 12.2 Å². The van der Waals surface area contributed by atoms with Gasteiger partial charge in [-0.3, -0.25) is 4.90 Å². The fourth-order valence-corrected chi connectivity index (χ4v) is 2.47. The van der Waals surface area contributed by atoms with Crippen LogP contribution in [0.2, 0.25) is 0 Å². The van der Waals surface area contributed by atoms with Crippen LogP contribution in [0.5, 0.6) is 0 Å². The van der Waals surface area contributed by atoms with E-state index in [0.717, 1.165) is 19.8 Å². The highest BCUT2D eigenvalue weighted by molar-refractivity contribution is 5.74. The molecule has 0 spiro atoms. The zero-order valence-corrected chi connectivity index (χ0v) is 14.1. The summed E-state index contributed by atoms with van der Waals surface area (Å²) < 4.78 is 38.0. The van der Waals surface area contributed by atoms with Crippen LogP contribution in [0, 0.1) is 5.41 Å². The van der Waals surface area contributed by atoms with Gasteiger partial charge in [0, 0.05) is 39.3 Å². The first-order valence-electron chi connectivity index (χ1n) is 8.01. The second kappa shape index (κ2) is 8.19. The van der Waals surface area contributed by atoms with Crippen molar-refractivity contribution in [3.63, 3.8) is 0 Å². The molecule has 0 aliphatic carbocycles. The Kier molecular flexibility index (Phi) is 7.13. The maximum absolute atomic E-state index is 12.7. The molecule has 2 N–H and O–H groups in total. The average Bonchev–Trinajstić information content (AvgIpc) is 2.50. The van der Waals surface area contributed by atoms with Crippen molar-refractivity contribution in [3.05, 3.63) is 0 Å². The van der Waals surface area contributed by atoms with Crippen LogP contribution in [0.1, 0.15) is 33.6 Å². The van der Waals surface area contributed by atoms with E-state index in [-0.39, 0.29) is 31.1 Å². The van der Waals surface area contributed by atoms with Crippen LogP contribution in [0.25, 0.3) is 0 Å². The molecule has 1 rings (SSSR count). The molecule has 1 fully saturated rings. The van der Waals surface area contributed by atoms with Crippen molar-refractivity contribution in [2.45, 2.75) is 45.8 Å². The SMILES string of the molecule is CC(N1CCN(C(=O)NCCCC(C)(C)CO)CC1)C(F)(F)F. The lowest BCUT2D eigenvalue weighted by atomic mass is 9.89. The predicted octanol–water partition coefficient (Wildman–Crippen LogP) is 2.06. The number of amides is 2. The van der Waals surface area contributed by atoms with Crippen LogP contribution in [-0.2, 0) is 0 Å². The van der Waals surface area contributed by atoms with E-state index in [0.29, 0.717) is 19.6 Å². The number of nitrogens with zero attached hydrogens (tertiary/aromatic N) is 2. The molecule has 0 saturated carbocycles. The monoisotopic (exact) mass is 339 g/mol. The Balaban J connectivity index is 2.28. The summed E-state index contributed by atoms with van der Waals surface area (Å²) in [4.78, 5) is 14.9. The number of aliphatic hydroxyl groups excluding tert-OH is 1. The Hall–Kier alpha value is -1.02. The number of hydrogen-bond acceptors (Lipinski definition) is 3. The molecule has 1 atom stereocenters. The lowest BCUT2D eigenvalue weighted by molar-refractivity contribution is -0.181. The number of urea groups is 1. The number of halogens is 3. The molecule has 5 nitrogen and oxygen atoms in total. The third-order valence-corrected chi connectivity index (χ3v) is 4.36. The third kappa shape index (κ3) is 6.55. The first kappa shape index (κ1) is 20.0. The van der Waals surface area contributed by atoms with Gasteiger partial charge in [0.05, 0.1) is 0 Å². The third-order valence-electron chi connectivity index (χ3n) is 4.36. The predicted molar refractivity (Wildman–Crippen MR) is 82.2 cm³/mol. The van der Waals surface area contributed by atoms with Crippen molar-refractivity contribution in [3.8, 4) is 0 Å². The zero-order chi connectivity index (χ0) is 17.7. The number of nitrogens with one attached hydrogen (secondary N) is 1. The van der Waals surface area contributed by atoms with E-state index in [2.05, 4.69) is 5.32 Å².